The summed E-state index contributed by atoms with van der Waals surface area (Å²) in [5.74, 6) is -1.14. The molecule has 1 nitrogen and oxygen atoms in total. The minimum atomic E-state index is -4.67. The van der Waals surface area contributed by atoms with Crippen LogP contribution in [-0.4, -0.2) is 0 Å². The van der Waals surface area contributed by atoms with Gasteiger partial charge in [0.2, 0.25) is 0 Å². The Morgan fingerprint density at radius 1 is 1.11 bits per heavy atom. The second-order valence-corrected chi connectivity index (χ2v) is 5.13. The number of alkyl halides is 3. The molecule has 0 saturated heterocycles. The van der Waals surface area contributed by atoms with Gasteiger partial charge in [0.25, 0.3) is 0 Å². The Hall–Kier alpha value is -1.10. The monoisotopic (exact) mass is 275 g/mol. The van der Waals surface area contributed by atoms with E-state index in [0.29, 0.717) is 0 Å². The Morgan fingerprint density at radius 3 is 2.32 bits per heavy atom. The third-order valence-electron chi connectivity index (χ3n) is 3.85. The molecule has 0 aliphatic heterocycles. The van der Waals surface area contributed by atoms with Crippen molar-refractivity contribution in [2.24, 2.45) is 11.7 Å². The van der Waals surface area contributed by atoms with E-state index in [1.54, 1.807) is 0 Å². The van der Waals surface area contributed by atoms with Crippen LogP contribution in [0.4, 0.5) is 17.6 Å². The lowest BCUT2D eigenvalue weighted by Crippen LogP contribution is -2.25. The van der Waals surface area contributed by atoms with Crippen molar-refractivity contribution in [2.45, 2.75) is 44.3 Å². The van der Waals surface area contributed by atoms with Crippen molar-refractivity contribution < 1.29 is 17.6 Å². The first-order chi connectivity index (χ1) is 8.91. The number of hydrogen-bond acceptors (Lipinski definition) is 1. The Labute approximate surface area is 109 Å². The molecule has 19 heavy (non-hydrogen) atoms. The SMILES string of the molecule is NC(c1cccc(C(F)(F)F)c1F)C1CCCCC1. The summed E-state index contributed by atoms with van der Waals surface area (Å²) in [6.07, 6.45) is 0.187. The Bertz CT molecular complexity index is 436. The highest BCUT2D eigenvalue weighted by atomic mass is 19.4. The summed E-state index contributed by atoms with van der Waals surface area (Å²) in [5.41, 5.74) is 4.74. The minimum Gasteiger partial charge on any atom is -0.324 e. The Balaban J connectivity index is 2.29. The zero-order valence-electron chi connectivity index (χ0n) is 10.5. The van der Waals surface area contributed by atoms with Crippen molar-refractivity contribution in [2.75, 3.05) is 0 Å². The van der Waals surface area contributed by atoms with E-state index in [1.807, 2.05) is 0 Å². The number of nitrogens with two attached hydrogens (primary N) is 1. The van der Waals surface area contributed by atoms with Gasteiger partial charge in [0.05, 0.1) is 5.56 Å². The summed E-state index contributed by atoms with van der Waals surface area (Å²) in [5, 5.41) is 0. The Kier molecular flexibility index (Phi) is 4.13. The van der Waals surface area contributed by atoms with Crippen LogP contribution in [0.1, 0.15) is 49.3 Å². The maximum atomic E-state index is 14.0. The number of benzene rings is 1. The van der Waals surface area contributed by atoms with Gasteiger partial charge >= 0.3 is 6.18 Å². The van der Waals surface area contributed by atoms with Gasteiger partial charge in [-0.3, -0.25) is 0 Å². The van der Waals surface area contributed by atoms with E-state index in [1.165, 1.54) is 12.1 Å². The smallest absolute Gasteiger partial charge is 0.324 e. The third kappa shape index (κ3) is 3.08. The number of rotatable bonds is 2. The van der Waals surface area contributed by atoms with Gasteiger partial charge in [0.15, 0.2) is 0 Å². The fourth-order valence-corrected chi connectivity index (χ4v) is 2.77. The average molecular weight is 275 g/mol. The van der Waals surface area contributed by atoms with E-state index < -0.39 is 23.6 Å². The van der Waals surface area contributed by atoms with Crippen molar-refractivity contribution in [3.63, 3.8) is 0 Å². The van der Waals surface area contributed by atoms with Crippen LogP contribution in [0.25, 0.3) is 0 Å². The summed E-state index contributed by atoms with van der Waals surface area (Å²) in [4.78, 5) is 0. The molecule has 1 aromatic carbocycles. The van der Waals surface area contributed by atoms with E-state index in [0.717, 1.165) is 38.2 Å². The highest BCUT2D eigenvalue weighted by Gasteiger charge is 2.36. The molecule has 0 radical (unpaired) electrons. The molecular weight excluding hydrogens is 258 g/mol. The zero-order chi connectivity index (χ0) is 14.0. The van der Waals surface area contributed by atoms with Crippen molar-refractivity contribution in [3.05, 3.63) is 35.1 Å². The molecule has 1 unspecified atom stereocenters. The molecule has 106 valence electrons. The predicted octanol–water partition coefficient (Wildman–Crippen LogP) is 4.42. The lowest BCUT2D eigenvalue weighted by atomic mass is 9.81. The molecular formula is C14H17F4N. The first-order valence-electron chi connectivity index (χ1n) is 6.52. The number of hydrogen-bond donors (Lipinski definition) is 1. The quantitative estimate of drug-likeness (QED) is 0.794. The van der Waals surface area contributed by atoms with Gasteiger partial charge in [0.1, 0.15) is 5.82 Å². The largest absolute Gasteiger partial charge is 0.419 e. The fraction of sp³-hybridized carbons (Fsp3) is 0.571. The molecule has 5 heteroatoms. The predicted molar refractivity (Wildman–Crippen MR) is 64.9 cm³/mol. The van der Waals surface area contributed by atoms with Crippen LogP contribution < -0.4 is 5.73 Å². The minimum absolute atomic E-state index is 0.0123. The van der Waals surface area contributed by atoms with Crippen molar-refractivity contribution in [3.8, 4) is 0 Å². The van der Waals surface area contributed by atoms with E-state index >= 15 is 0 Å². The molecule has 1 atom stereocenters. The van der Waals surface area contributed by atoms with Gasteiger partial charge in [-0.1, -0.05) is 31.4 Å². The second-order valence-electron chi connectivity index (χ2n) is 5.13. The lowest BCUT2D eigenvalue weighted by molar-refractivity contribution is -0.140. The molecule has 1 aromatic rings. The molecule has 1 aliphatic rings. The van der Waals surface area contributed by atoms with Crippen LogP contribution in [0.5, 0.6) is 0 Å². The second kappa shape index (κ2) is 5.49. The van der Waals surface area contributed by atoms with E-state index in [9.17, 15) is 17.6 Å². The first-order valence-corrected chi connectivity index (χ1v) is 6.52. The maximum Gasteiger partial charge on any atom is 0.419 e. The van der Waals surface area contributed by atoms with Crippen molar-refractivity contribution in [1.82, 2.24) is 0 Å². The van der Waals surface area contributed by atoms with Crippen LogP contribution in [0.2, 0.25) is 0 Å². The molecule has 0 aromatic heterocycles. The Morgan fingerprint density at radius 2 is 1.74 bits per heavy atom. The topological polar surface area (TPSA) is 26.0 Å². The van der Waals surface area contributed by atoms with E-state index in [-0.39, 0.29) is 11.5 Å². The molecule has 0 bridgehead atoms. The molecule has 1 fully saturated rings. The molecule has 1 saturated carbocycles. The average Bonchev–Trinajstić information content (AvgIpc) is 2.38. The van der Waals surface area contributed by atoms with Crippen molar-refractivity contribution in [1.29, 1.82) is 0 Å². The zero-order valence-corrected chi connectivity index (χ0v) is 10.5. The first kappa shape index (κ1) is 14.3. The van der Waals surface area contributed by atoms with Crippen molar-refractivity contribution >= 4 is 0 Å². The summed E-state index contributed by atoms with van der Waals surface area (Å²) in [6, 6.07) is 2.70. The lowest BCUT2D eigenvalue weighted by Gasteiger charge is -2.28. The molecule has 0 amide bonds. The summed E-state index contributed by atoms with van der Waals surface area (Å²) < 4.78 is 51.9. The fourth-order valence-electron chi connectivity index (χ4n) is 2.77. The van der Waals surface area contributed by atoms with E-state index in [2.05, 4.69) is 0 Å². The summed E-state index contributed by atoms with van der Waals surface area (Å²) >= 11 is 0. The highest BCUT2D eigenvalue weighted by molar-refractivity contribution is 5.30. The van der Waals surface area contributed by atoms with E-state index in [4.69, 9.17) is 5.73 Å². The number of halogens is 4. The van der Waals surface area contributed by atoms with Gasteiger partial charge in [-0.15, -0.1) is 0 Å². The van der Waals surface area contributed by atoms with Gasteiger partial charge in [0, 0.05) is 11.6 Å². The summed E-state index contributed by atoms with van der Waals surface area (Å²) in [7, 11) is 0. The van der Waals surface area contributed by atoms with Gasteiger partial charge in [-0.05, 0) is 24.8 Å². The summed E-state index contributed by atoms with van der Waals surface area (Å²) in [6.45, 7) is 0. The third-order valence-corrected chi connectivity index (χ3v) is 3.85. The normalized spacial score (nSPS) is 19.4. The standard InChI is InChI=1S/C14H17F4N/c15-12-10(7-4-8-11(12)14(16,17)18)13(19)9-5-2-1-3-6-9/h4,7-9,13H,1-3,5-6,19H2. The maximum absolute atomic E-state index is 14.0. The van der Waals surface area contributed by atoms with Crippen LogP contribution in [0.15, 0.2) is 18.2 Å². The van der Waals surface area contributed by atoms with Gasteiger partial charge in [-0.25, -0.2) is 4.39 Å². The van der Waals surface area contributed by atoms with Crippen LogP contribution in [0.3, 0.4) is 0 Å². The molecule has 1 aliphatic carbocycles. The van der Waals surface area contributed by atoms with Gasteiger partial charge < -0.3 is 5.73 Å². The van der Waals surface area contributed by atoms with Crippen LogP contribution in [0, 0.1) is 11.7 Å². The molecule has 2 N–H and O–H groups in total. The van der Waals surface area contributed by atoms with Gasteiger partial charge in [-0.2, -0.15) is 13.2 Å². The van der Waals surface area contributed by atoms with Crippen LogP contribution in [-0.2, 0) is 6.18 Å². The molecule has 2 rings (SSSR count). The molecule has 0 spiro atoms. The molecule has 0 heterocycles. The highest BCUT2D eigenvalue weighted by Crippen LogP contribution is 2.37. The van der Waals surface area contributed by atoms with Crippen LogP contribution >= 0.6 is 0 Å².